The summed E-state index contributed by atoms with van der Waals surface area (Å²) in [7, 11) is 0. The van der Waals surface area contributed by atoms with E-state index in [1.54, 1.807) is 6.20 Å². The standard InChI is InChI=1S/C14H19N3O/c1-3-8-18-14-6-4-12(5-7-14)11(2)9-13-10-15-17-16-13/h4-7,10-11H,3,8-9H2,1-2H3,(H,15,16,17). The molecule has 1 unspecified atom stereocenters. The second-order valence-corrected chi connectivity index (χ2v) is 4.48. The second-order valence-electron chi connectivity index (χ2n) is 4.48. The molecule has 0 fully saturated rings. The molecule has 1 aromatic carbocycles. The lowest BCUT2D eigenvalue weighted by Gasteiger charge is -2.11. The van der Waals surface area contributed by atoms with Crippen molar-refractivity contribution in [2.45, 2.75) is 32.6 Å². The molecule has 0 radical (unpaired) electrons. The number of nitrogens with zero attached hydrogens (tertiary/aromatic N) is 2. The van der Waals surface area contributed by atoms with E-state index in [-0.39, 0.29) is 0 Å². The van der Waals surface area contributed by atoms with Gasteiger partial charge in [0, 0.05) is 0 Å². The van der Waals surface area contributed by atoms with E-state index in [0.717, 1.165) is 30.9 Å². The minimum atomic E-state index is 0.426. The predicted molar refractivity (Wildman–Crippen MR) is 70.7 cm³/mol. The Morgan fingerprint density at radius 2 is 2.06 bits per heavy atom. The van der Waals surface area contributed by atoms with E-state index in [2.05, 4.69) is 41.4 Å². The predicted octanol–water partition coefficient (Wildman–Crippen LogP) is 2.94. The van der Waals surface area contributed by atoms with Crippen molar-refractivity contribution in [2.24, 2.45) is 0 Å². The largest absolute Gasteiger partial charge is 0.494 e. The summed E-state index contributed by atoms with van der Waals surface area (Å²) in [5.41, 5.74) is 2.29. The van der Waals surface area contributed by atoms with Gasteiger partial charge in [-0.2, -0.15) is 15.4 Å². The van der Waals surface area contributed by atoms with Gasteiger partial charge in [0.15, 0.2) is 0 Å². The van der Waals surface area contributed by atoms with Crippen LogP contribution >= 0.6 is 0 Å². The van der Waals surface area contributed by atoms with Crippen molar-refractivity contribution >= 4 is 0 Å². The van der Waals surface area contributed by atoms with Crippen LogP contribution in [0.3, 0.4) is 0 Å². The van der Waals surface area contributed by atoms with E-state index in [9.17, 15) is 0 Å². The van der Waals surface area contributed by atoms with Crippen LogP contribution in [-0.2, 0) is 6.42 Å². The van der Waals surface area contributed by atoms with Crippen LogP contribution in [0.1, 0.15) is 37.4 Å². The Morgan fingerprint density at radius 3 is 2.67 bits per heavy atom. The number of hydrogen-bond donors (Lipinski definition) is 1. The second kappa shape index (κ2) is 6.19. The van der Waals surface area contributed by atoms with Gasteiger partial charge in [-0.15, -0.1) is 0 Å². The first-order valence-corrected chi connectivity index (χ1v) is 6.37. The Kier molecular flexibility index (Phi) is 4.34. The van der Waals surface area contributed by atoms with Gasteiger partial charge in [0.05, 0.1) is 18.5 Å². The van der Waals surface area contributed by atoms with Crippen molar-refractivity contribution in [1.82, 2.24) is 15.4 Å². The highest BCUT2D eigenvalue weighted by atomic mass is 16.5. The first kappa shape index (κ1) is 12.6. The van der Waals surface area contributed by atoms with Gasteiger partial charge < -0.3 is 4.74 Å². The Balaban J connectivity index is 1.96. The lowest BCUT2D eigenvalue weighted by atomic mass is 9.96. The molecule has 1 N–H and O–H groups in total. The average molecular weight is 245 g/mol. The van der Waals surface area contributed by atoms with Gasteiger partial charge in [-0.3, -0.25) is 0 Å². The zero-order chi connectivity index (χ0) is 12.8. The topological polar surface area (TPSA) is 50.8 Å². The highest BCUT2D eigenvalue weighted by Gasteiger charge is 2.08. The number of benzene rings is 1. The summed E-state index contributed by atoms with van der Waals surface area (Å²) in [5.74, 6) is 1.37. The fourth-order valence-corrected chi connectivity index (χ4v) is 1.87. The minimum absolute atomic E-state index is 0.426. The van der Waals surface area contributed by atoms with Gasteiger partial charge >= 0.3 is 0 Å². The summed E-state index contributed by atoms with van der Waals surface area (Å²) in [5, 5.41) is 10.5. The van der Waals surface area contributed by atoms with Crippen molar-refractivity contribution in [2.75, 3.05) is 6.61 Å². The Labute approximate surface area is 107 Å². The molecular weight excluding hydrogens is 226 g/mol. The molecule has 1 heterocycles. The summed E-state index contributed by atoms with van der Waals surface area (Å²) >= 11 is 0. The van der Waals surface area contributed by atoms with Gasteiger partial charge in [0.2, 0.25) is 0 Å². The van der Waals surface area contributed by atoms with Crippen LogP contribution < -0.4 is 4.74 Å². The average Bonchev–Trinajstić information content (AvgIpc) is 2.89. The third kappa shape index (κ3) is 3.32. The summed E-state index contributed by atoms with van der Waals surface area (Å²) < 4.78 is 5.57. The molecule has 0 saturated carbocycles. The zero-order valence-corrected chi connectivity index (χ0v) is 10.9. The fraction of sp³-hybridized carbons (Fsp3) is 0.429. The van der Waals surface area contributed by atoms with Crippen molar-refractivity contribution in [3.63, 3.8) is 0 Å². The molecule has 96 valence electrons. The van der Waals surface area contributed by atoms with E-state index in [4.69, 9.17) is 4.74 Å². The van der Waals surface area contributed by atoms with E-state index in [1.165, 1.54) is 5.56 Å². The summed E-state index contributed by atoms with van der Waals surface area (Å²) in [6.07, 6.45) is 3.70. The lowest BCUT2D eigenvalue weighted by molar-refractivity contribution is 0.317. The van der Waals surface area contributed by atoms with Crippen molar-refractivity contribution in [3.05, 3.63) is 41.7 Å². The molecule has 0 spiro atoms. The Bertz CT molecular complexity index is 450. The zero-order valence-electron chi connectivity index (χ0n) is 10.9. The Morgan fingerprint density at radius 1 is 1.28 bits per heavy atom. The lowest BCUT2D eigenvalue weighted by Crippen LogP contribution is -2.00. The van der Waals surface area contributed by atoms with Crippen LogP contribution in [0.4, 0.5) is 0 Å². The molecule has 0 aliphatic heterocycles. The van der Waals surface area contributed by atoms with Crippen molar-refractivity contribution < 1.29 is 4.74 Å². The normalized spacial score (nSPS) is 12.3. The number of aromatic nitrogens is 3. The molecule has 0 saturated heterocycles. The maximum atomic E-state index is 5.57. The SMILES string of the molecule is CCCOc1ccc(C(C)Cc2cn[nH]n2)cc1. The molecule has 0 amide bonds. The third-order valence-electron chi connectivity index (χ3n) is 2.90. The monoisotopic (exact) mass is 245 g/mol. The molecule has 4 nitrogen and oxygen atoms in total. The van der Waals surface area contributed by atoms with Crippen LogP contribution in [0.2, 0.25) is 0 Å². The van der Waals surface area contributed by atoms with Crippen molar-refractivity contribution in [3.8, 4) is 5.75 Å². The molecule has 4 heteroatoms. The molecule has 0 bridgehead atoms. The summed E-state index contributed by atoms with van der Waals surface area (Å²) in [4.78, 5) is 0. The van der Waals surface area contributed by atoms with E-state index in [1.807, 2.05) is 12.1 Å². The van der Waals surface area contributed by atoms with Crippen LogP contribution in [0, 0.1) is 0 Å². The van der Waals surface area contributed by atoms with Gasteiger partial charge in [-0.1, -0.05) is 26.0 Å². The summed E-state index contributed by atoms with van der Waals surface area (Å²) in [6, 6.07) is 8.31. The first-order chi connectivity index (χ1) is 8.79. The molecule has 0 aliphatic carbocycles. The van der Waals surface area contributed by atoms with Gasteiger partial charge in [-0.25, -0.2) is 0 Å². The molecule has 18 heavy (non-hydrogen) atoms. The van der Waals surface area contributed by atoms with E-state index < -0.39 is 0 Å². The molecule has 1 atom stereocenters. The van der Waals surface area contributed by atoms with Gasteiger partial charge in [0.1, 0.15) is 5.75 Å². The van der Waals surface area contributed by atoms with E-state index in [0.29, 0.717) is 5.92 Å². The van der Waals surface area contributed by atoms with Gasteiger partial charge in [-0.05, 0) is 36.5 Å². The first-order valence-electron chi connectivity index (χ1n) is 6.37. The molecular formula is C14H19N3O. The molecule has 0 aliphatic rings. The maximum absolute atomic E-state index is 5.57. The highest BCUT2D eigenvalue weighted by Crippen LogP contribution is 2.22. The summed E-state index contributed by atoms with van der Waals surface area (Å²) in [6.45, 7) is 5.07. The number of rotatable bonds is 6. The van der Waals surface area contributed by atoms with Crippen LogP contribution in [0.5, 0.6) is 5.75 Å². The quantitative estimate of drug-likeness (QED) is 0.851. The third-order valence-corrected chi connectivity index (χ3v) is 2.90. The number of aromatic amines is 1. The smallest absolute Gasteiger partial charge is 0.119 e. The van der Waals surface area contributed by atoms with Crippen LogP contribution in [0.15, 0.2) is 30.5 Å². The minimum Gasteiger partial charge on any atom is -0.494 e. The number of H-pyrrole nitrogens is 1. The van der Waals surface area contributed by atoms with Crippen LogP contribution in [-0.4, -0.2) is 22.0 Å². The fourth-order valence-electron chi connectivity index (χ4n) is 1.87. The number of nitrogens with one attached hydrogen (secondary N) is 1. The van der Waals surface area contributed by atoms with Crippen molar-refractivity contribution in [1.29, 1.82) is 0 Å². The number of ether oxygens (including phenoxy) is 1. The molecule has 2 aromatic rings. The maximum Gasteiger partial charge on any atom is 0.119 e. The number of hydrogen-bond acceptors (Lipinski definition) is 3. The van der Waals surface area contributed by atoms with E-state index >= 15 is 0 Å². The molecule has 2 rings (SSSR count). The highest BCUT2D eigenvalue weighted by molar-refractivity contribution is 5.29. The molecule has 1 aromatic heterocycles. The van der Waals surface area contributed by atoms with Crippen LogP contribution in [0.25, 0.3) is 0 Å². The van der Waals surface area contributed by atoms with Gasteiger partial charge in [0.25, 0.3) is 0 Å². The Hall–Kier alpha value is -1.84.